The van der Waals surface area contributed by atoms with Crippen LogP contribution in [-0.4, -0.2) is 56.9 Å². The summed E-state index contributed by atoms with van der Waals surface area (Å²) in [6, 6.07) is 0. The normalized spacial score (nSPS) is 29.0. The third kappa shape index (κ3) is 14.9. The lowest BCUT2D eigenvalue weighted by atomic mass is 10.00. The Bertz CT molecular complexity index is 465. The molecule has 4 N–H and O–H groups in total. The number of ether oxygens (including phenoxy) is 1. The van der Waals surface area contributed by atoms with Crippen LogP contribution in [0.2, 0.25) is 0 Å². The van der Waals surface area contributed by atoms with Gasteiger partial charge in [-0.25, -0.2) is 4.79 Å². The second-order valence-electron chi connectivity index (χ2n) is 8.96. The molecule has 0 fully saturated rings. The molecule has 6 nitrogen and oxygen atoms in total. The summed E-state index contributed by atoms with van der Waals surface area (Å²) in [4.78, 5) is 12.2. The van der Waals surface area contributed by atoms with Crippen molar-refractivity contribution >= 4 is 5.97 Å². The highest BCUT2D eigenvalue weighted by Crippen LogP contribution is 2.18. The van der Waals surface area contributed by atoms with Gasteiger partial charge in [-0.2, -0.15) is 0 Å². The zero-order valence-corrected chi connectivity index (χ0v) is 18.8. The fourth-order valence-electron chi connectivity index (χ4n) is 4.05. The van der Waals surface area contributed by atoms with Crippen molar-refractivity contribution < 1.29 is 30.0 Å². The molecule has 0 aliphatic carbocycles. The number of cyclic esters (lactones) is 1. The van der Waals surface area contributed by atoms with Gasteiger partial charge < -0.3 is 25.2 Å². The summed E-state index contributed by atoms with van der Waals surface area (Å²) < 4.78 is 5.52. The van der Waals surface area contributed by atoms with E-state index in [0.717, 1.165) is 32.1 Å². The Morgan fingerprint density at radius 2 is 1.47 bits per heavy atom. The standard InChI is InChI=1S/C24H44O6/c1-19(25)16-22(28)18-23-13-11-9-7-5-3-2-4-6-8-10-12-20(26)17-21(27)14-15-24(29)30-23/h14-15,19-23,25-28H,2-13,16-18H2,1H3. The van der Waals surface area contributed by atoms with E-state index in [0.29, 0.717) is 19.3 Å². The first kappa shape index (κ1) is 27.1. The molecule has 0 aromatic heterocycles. The number of carbonyl (C=O) groups is 1. The van der Waals surface area contributed by atoms with Crippen LogP contribution in [0, 0.1) is 0 Å². The van der Waals surface area contributed by atoms with Crippen molar-refractivity contribution in [3.63, 3.8) is 0 Å². The summed E-state index contributed by atoms with van der Waals surface area (Å²) in [5.41, 5.74) is 0. The van der Waals surface area contributed by atoms with E-state index in [-0.39, 0.29) is 12.8 Å². The maximum absolute atomic E-state index is 12.2. The molecule has 30 heavy (non-hydrogen) atoms. The Kier molecular flexibility index (Phi) is 15.1. The van der Waals surface area contributed by atoms with Gasteiger partial charge in [-0.05, 0) is 38.7 Å². The number of aliphatic hydroxyl groups is 4. The highest BCUT2D eigenvalue weighted by atomic mass is 16.5. The molecule has 1 aliphatic heterocycles. The van der Waals surface area contributed by atoms with Crippen molar-refractivity contribution in [3.05, 3.63) is 12.2 Å². The molecule has 0 bridgehead atoms. The Balaban J connectivity index is 2.63. The summed E-state index contributed by atoms with van der Waals surface area (Å²) in [7, 11) is 0. The lowest BCUT2D eigenvalue weighted by Crippen LogP contribution is -2.25. The van der Waals surface area contributed by atoms with Gasteiger partial charge in [0.25, 0.3) is 0 Å². The van der Waals surface area contributed by atoms with Gasteiger partial charge >= 0.3 is 5.97 Å². The van der Waals surface area contributed by atoms with Crippen LogP contribution in [0.1, 0.15) is 103 Å². The van der Waals surface area contributed by atoms with E-state index < -0.39 is 36.5 Å². The third-order valence-corrected chi connectivity index (χ3v) is 5.71. The minimum atomic E-state index is -0.891. The Hall–Kier alpha value is -0.950. The molecular formula is C24H44O6. The van der Waals surface area contributed by atoms with Crippen LogP contribution in [0.4, 0.5) is 0 Å². The third-order valence-electron chi connectivity index (χ3n) is 5.71. The van der Waals surface area contributed by atoms with E-state index in [1.54, 1.807) is 6.92 Å². The van der Waals surface area contributed by atoms with Gasteiger partial charge in [0.15, 0.2) is 0 Å². The van der Waals surface area contributed by atoms with E-state index in [4.69, 9.17) is 4.74 Å². The van der Waals surface area contributed by atoms with Crippen molar-refractivity contribution in [1.29, 1.82) is 0 Å². The molecule has 0 spiro atoms. The molecule has 1 aliphatic rings. The number of hydrogen-bond donors (Lipinski definition) is 4. The number of esters is 1. The zero-order valence-electron chi connectivity index (χ0n) is 18.8. The molecule has 176 valence electrons. The molecular weight excluding hydrogens is 384 g/mol. The molecule has 0 radical (unpaired) electrons. The Morgan fingerprint density at radius 3 is 2.03 bits per heavy atom. The quantitative estimate of drug-likeness (QED) is 0.508. The fourth-order valence-corrected chi connectivity index (χ4v) is 4.05. The molecule has 1 rings (SSSR count). The van der Waals surface area contributed by atoms with Crippen molar-refractivity contribution in [2.75, 3.05) is 0 Å². The van der Waals surface area contributed by atoms with E-state index in [9.17, 15) is 25.2 Å². The summed E-state index contributed by atoms with van der Waals surface area (Å²) in [5.74, 6) is -0.549. The van der Waals surface area contributed by atoms with Crippen molar-refractivity contribution in [1.82, 2.24) is 0 Å². The monoisotopic (exact) mass is 428 g/mol. The molecule has 0 saturated carbocycles. The van der Waals surface area contributed by atoms with Gasteiger partial charge in [0.05, 0.1) is 24.4 Å². The van der Waals surface area contributed by atoms with Crippen LogP contribution in [0.5, 0.6) is 0 Å². The smallest absolute Gasteiger partial charge is 0.330 e. The topological polar surface area (TPSA) is 107 Å². The average Bonchev–Trinajstić information content (AvgIpc) is 2.65. The first-order valence-corrected chi connectivity index (χ1v) is 12.0. The molecule has 0 saturated heterocycles. The van der Waals surface area contributed by atoms with Gasteiger partial charge in [0.1, 0.15) is 6.10 Å². The minimum absolute atomic E-state index is 0.209. The largest absolute Gasteiger partial charge is 0.459 e. The van der Waals surface area contributed by atoms with E-state index >= 15 is 0 Å². The Morgan fingerprint density at radius 1 is 0.933 bits per heavy atom. The van der Waals surface area contributed by atoms with Gasteiger partial charge in [-0.1, -0.05) is 57.8 Å². The van der Waals surface area contributed by atoms with Crippen LogP contribution in [0.25, 0.3) is 0 Å². The predicted octanol–water partition coefficient (Wildman–Crippen LogP) is 3.78. The molecule has 5 unspecified atom stereocenters. The number of rotatable bonds is 4. The Labute approximate surface area is 182 Å². The highest BCUT2D eigenvalue weighted by molar-refractivity contribution is 5.82. The summed E-state index contributed by atoms with van der Waals surface area (Å²) in [6.07, 6.45) is 12.8. The number of hydrogen-bond acceptors (Lipinski definition) is 6. The molecule has 0 aromatic rings. The van der Waals surface area contributed by atoms with Crippen LogP contribution >= 0.6 is 0 Å². The fraction of sp³-hybridized carbons (Fsp3) is 0.875. The minimum Gasteiger partial charge on any atom is -0.459 e. The van der Waals surface area contributed by atoms with Gasteiger partial charge in [-0.15, -0.1) is 0 Å². The molecule has 6 heteroatoms. The lowest BCUT2D eigenvalue weighted by Gasteiger charge is -2.21. The van der Waals surface area contributed by atoms with Crippen molar-refractivity contribution in [3.8, 4) is 0 Å². The second-order valence-corrected chi connectivity index (χ2v) is 8.96. The van der Waals surface area contributed by atoms with E-state index in [1.807, 2.05) is 0 Å². The summed E-state index contributed by atoms with van der Waals surface area (Å²) in [6.45, 7) is 1.63. The summed E-state index contributed by atoms with van der Waals surface area (Å²) >= 11 is 0. The molecule has 0 amide bonds. The van der Waals surface area contributed by atoms with Crippen molar-refractivity contribution in [2.24, 2.45) is 0 Å². The van der Waals surface area contributed by atoms with Crippen LogP contribution in [0.3, 0.4) is 0 Å². The lowest BCUT2D eigenvalue weighted by molar-refractivity contribution is -0.145. The van der Waals surface area contributed by atoms with Crippen LogP contribution < -0.4 is 0 Å². The van der Waals surface area contributed by atoms with Gasteiger partial charge in [-0.3, -0.25) is 0 Å². The first-order valence-electron chi connectivity index (χ1n) is 12.0. The number of carbonyl (C=O) groups excluding carboxylic acids is 1. The van der Waals surface area contributed by atoms with Crippen LogP contribution in [0.15, 0.2) is 12.2 Å². The van der Waals surface area contributed by atoms with E-state index in [2.05, 4.69) is 0 Å². The number of aliphatic hydroxyl groups excluding tert-OH is 4. The van der Waals surface area contributed by atoms with Gasteiger partial charge in [0, 0.05) is 18.9 Å². The molecule has 1 heterocycles. The van der Waals surface area contributed by atoms with Crippen molar-refractivity contribution in [2.45, 2.75) is 134 Å². The predicted molar refractivity (Wildman–Crippen MR) is 118 cm³/mol. The summed E-state index contributed by atoms with van der Waals surface area (Å²) in [5, 5.41) is 39.7. The molecule has 0 aromatic carbocycles. The SMILES string of the molecule is CC(O)CC(O)CC1CCCCCCCCCCCCC(O)CC(O)C=CC(=O)O1. The maximum Gasteiger partial charge on any atom is 0.330 e. The zero-order chi connectivity index (χ0) is 22.2. The maximum atomic E-state index is 12.2. The first-order chi connectivity index (χ1) is 14.4. The molecule has 5 atom stereocenters. The highest BCUT2D eigenvalue weighted by Gasteiger charge is 2.19. The average molecular weight is 429 g/mol. The van der Waals surface area contributed by atoms with Crippen LogP contribution in [-0.2, 0) is 9.53 Å². The van der Waals surface area contributed by atoms with Gasteiger partial charge in [0.2, 0.25) is 0 Å². The second kappa shape index (κ2) is 16.7. The van der Waals surface area contributed by atoms with E-state index in [1.165, 1.54) is 44.3 Å².